The number of halogens is 2. The molecule has 1 N–H and O–H groups in total. The second-order valence-corrected chi connectivity index (χ2v) is 6.64. The molecule has 0 saturated carbocycles. The first-order valence-corrected chi connectivity index (χ1v) is 8.22. The fourth-order valence-electron chi connectivity index (χ4n) is 2.58. The molecule has 0 radical (unpaired) electrons. The predicted molar refractivity (Wildman–Crippen MR) is 85.7 cm³/mol. The molecule has 1 atom stereocenters. The zero-order chi connectivity index (χ0) is 13.7. The molecule has 1 aromatic rings. The largest absolute Gasteiger partial charge is 0.311 e. The minimum atomic E-state index is 0.603. The Morgan fingerprint density at radius 3 is 2.79 bits per heavy atom. The van der Waals surface area contributed by atoms with Gasteiger partial charge in [0.15, 0.2) is 0 Å². The number of rotatable bonds is 5. The lowest BCUT2D eigenvalue weighted by Gasteiger charge is -2.32. The van der Waals surface area contributed by atoms with Crippen molar-refractivity contribution < 1.29 is 0 Å². The van der Waals surface area contributed by atoms with E-state index in [9.17, 15) is 0 Å². The molecule has 0 aromatic heterocycles. The molecule has 106 valence electrons. The van der Waals surface area contributed by atoms with Gasteiger partial charge in [-0.1, -0.05) is 34.0 Å². The molecule has 1 fully saturated rings. The quantitative estimate of drug-likeness (QED) is 0.865. The van der Waals surface area contributed by atoms with Crippen molar-refractivity contribution in [2.24, 2.45) is 0 Å². The van der Waals surface area contributed by atoms with Crippen LogP contribution in [0, 0.1) is 0 Å². The maximum absolute atomic E-state index is 6.19. The molecule has 1 saturated heterocycles. The van der Waals surface area contributed by atoms with Crippen molar-refractivity contribution in [1.82, 2.24) is 10.2 Å². The number of nitrogens with zero attached hydrogens (tertiary/aromatic N) is 1. The molecule has 0 bridgehead atoms. The van der Waals surface area contributed by atoms with Crippen LogP contribution in [0.2, 0.25) is 5.02 Å². The molecule has 0 aliphatic carbocycles. The van der Waals surface area contributed by atoms with Gasteiger partial charge in [-0.2, -0.15) is 0 Å². The SMILES string of the molecule is CC(CNCc1cc(Br)ccc1Cl)N1CCCCC1. The summed E-state index contributed by atoms with van der Waals surface area (Å²) in [4.78, 5) is 2.58. The van der Waals surface area contributed by atoms with E-state index < -0.39 is 0 Å². The summed E-state index contributed by atoms with van der Waals surface area (Å²) in [5, 5.41) is 4.35. The first-order chi connectivity index (χ1) is 9.16. The van der Waals surface area contributed by atoms with Gasteiger partial charge in [0.1, 0.15) is 0 Å². The van der Waals surface area contributed by atoms with Crippen LogP contribution in [0.1, 0.15) is 31.7 Å². The number of hydrogen-bond acceptors (Lipinski definition) is 2. The molecular weight excluding hydrogens is 324 g/mol. The first-order valence-electron chi connectivity index (χ1n) is 7.05. The lowest BCUT2D eigenvalue weighted by atomic mass is 10.1. The van der Waals surface area contributed by atoms with E-state index in [2.05, 4.69) is 39.1 Å². The average molecular weight is 346 g/mol. The van der Waals surface area contributed by atoms with E-state index in [-0.39, 0.29) is 0 Å². The van der Waals surface area contributed by atoms with Gasteiger partial charge in [0, 0.05) is 28.6 Å². The zero-order valence-electron chi connectivity index (χ0n) is 11.5. The van der Waals surface area contributed by atoms with Crippen molar-refractivity contribution in [3.8, 4) is 0 Å². The third-order valence-electron chi connectivity index (χ3n) is 3.78. The summed E-state index contributed by atoms with van der Waals surface area (Å²) >= 11 is 9.67. The van der Waals surface area contributed by atoms with Crippen LogP contribution in [0.15, 0.2) is 22.7 Å². The van der Waals surface area contributed by atoms with Gasteiger partial charge in [0.2, 0.25) is 0 Å². The van der Waals surface area contributed by atoms with Gasteiger partial charge >= 0.3 is 0 Å². The van der Waals surface area contributed by atoms with Crippen molar-refractivity contribution in [2.45, 2.75) is 38.8 Å². The zero-order valence-corrected chi connectivity index (χ0v) is 13.8. The fourth-order valence-corrected chi connectivity index (χ4v) is 3.18. The van der Waals surface area contributed by atoms with Crippen molar-refractivity contribution in [2.75, 3.05) is 19.6 Å². The van der Waals surface area contributed by atoms with Crippen LogP contribution in [0.4, 0.5) is 0 Å². The summed E-state index contributed by atoms with van der Waals surface area (Å²) in [6.07, 6.45) is 4.09. The highest BCUT2D eigenvalue weighted by Gasteiger charge is 2.16. The van der Waals surface area contributed by atoms with Gasteiger partial charge in [-0.3, -0.25) is 4.90 Å². The maximum atomic E-state index is 6.19. The van der Waals surface area contributed by atoms with E-state index in [0.29, 0.717) is 6.04 Å². The van der Waals surface area contributed by atoms with Crippen LogP contribution in [-0.4, -0.2) is 30.6 Å². The number of hydrogen-bond donors (Lipinski definition) is 1. The van der Waals surface area contributed by atoms with E-state index >= 15 is 0 Å². The van der Waals surface area contributed by atoms with Crippen LogP contribution in [-0.2, 0) is 6.54 Å². The normalized spacial score (nSPS) is 18.5. The molecule has 1 aromatic carbocycles. The van der Waals surface area contributed by atoms with Crippen molar-refractivity contribution in [1.29, 1.82) is 0 Å². The number of benzene rings is 1. The molecule has 2 nitrogen and oxygen atoms in total. The highest BCUT2D eigenvalue weighted by molar-refractivity contribution is 9.10. The molecule has 19 heavy (non-hydrogen) atoms. The first kappa shape index (κ1) is 15.3. The van der Waals surface area contributed by atoms with Gasteiger partial charge in [-0.15, -0.1) is 0 Å². The van der Waals surface area contributed by atoms with Gasteiger partial charge in [-0.05, 0) is 56.6 Å². The summed E-state index contributed by atoms with van der Waals surface area (Å²) in [7, 11) is 0. The van der Waals surface area contributed by atoms with Crippen molar-refractivity contribution >= 4 is 27.5 Å². The highest BCUT2D eigenvalue weighted by atomic mass is 79.9. The molecule has 1 unspecified atom stereocenters. The predicted octanol–water partition coefficient (Wildman–Crippen LogP) is 4.07. The van der Waals surface area contributed by atoms with Gasteiger partial charge in [0.25, 0.3) is 0 Å². The van der Waals surface area contributed by atoms with E-state index in [4.69, 9.17) is 11.6 Å². The molecule has 1 aliphatic heterocycles. The van der Waals surface area contributed by atoms with Crippen LogP contribution >= 0.6 is 27.5 Å². The minimum Gasteiger partial charge on any atom is -0.311 e. The Balaban J connectivity index is 1.77. The third kappa shape index (κ3) is 4.75. The molecule has 2 rings (SSSR count). The third-order valence-corrected chi connectivity index (χ3v) is 4.64. The van der Waals surface area contributed by atoms with Gasteiger partial charge < -0.3 is 5.32 Å². The molecule has 1 aliphatic rings. The smallest absolute Gasteiger partial charge is 0.0451 e. The summed E-state index contributed by atoms with van der Waals surface area (Å²) in [5.74, 6) is 0. The lowest BCUT2D eigenvalue weighted by molar-refractivity contribution is 0.170. The Hall–Kier alpha value is -0.0900. The summed E-state index contributed by atoms with van der Waals surface area (Å²) in [6.45, 7) is 6.65. The summed E-state index contributed by atoms with van der Waals surface area (Å²) < 4.78 is 1.08. The summed E-state index contributed by atoms with van der Waals surface area (Å²) in [5.41, 5.74) is 1.15. The van der Waals surface area contributed by atoms with E-state index in [0.717, 1.165) is 28.1 Å². The standard InChI is InChI=1S/C15H22BrClN2/c1-12(19-7-3-2-4-8-19)10-18-11-13-9-14(16)5-6-15(13)17/h5-6,9,12,18H,2-4,7-8,10-11H2,1H3. The van der Waals surface area contributed by atoms with E-state index in [1.807, 2.05) is 12.1 Å². The Labute approximate surface area is 129 Å². The Morgan fingerprint density at radius 1 is 1.32 bits per heavy atom. The molecular formula is C15H22BrClN2. The monoisotopic (exact) mass is 344 g/mol. The number of likely N-dealkylation sites (tertiary alicyclic amines) is 1. The van der Waals surface area contributed by atoms with Gasteiger partial charge in [-0.25, -0.2) is 0 Å². The Bertz CT molecular complexity index is 405. The van der Waals surface area contributed by atoms with E-state index in [1.54, 1.807) is 0 Å². The van der Waals surface area contributed by atoms with Gasteiger partial charge in [0.05, 0.1) is 0 Å². The second kappa shape index (κ2) is 7.63. The van der Waals surface area contributed by atoms with Crippen LogP contribution in [0.3, 0.4) is 0 Å². The summed E-state index contributed by atoms with van der Waals surface area (Å²) in [6, 6.07) is 6.60. The fraction of sp³-hybridized carbons (Fsp3) is 0.600. The van der Waals surface area contributed by atoms with Crippen LogP contribution < -0.4 is 5.32 Å². The topological polar surface area (TPSA) is 15.3 Å². The molecule has 0 spiro atoms. The second-order valence-electron chi connectivity index (χ2n) is 5.31. The molecule has 0 amide bonds. The molecule has 1 heterocycles. The highest BCUT2D eigenvalue weighted by Crippen LogP contribution is 2.20. The van der Waals surface area contributed by atoms with E-state index in [1.165, 1.54) is 32.4 Å². The molecule has 4 heteroatoms. The van der Waals surface area contributed by atoms with Crippen LogP contribution in [0.25, 0.3) is 0 Å². The lowest BCUT2D eigenvalue weighted by Crippen LogP contribution is -2.42. The van der Waals surface area contributed by atoms with Crippen molar-refractivity contribution in [3.63, 3.8) is 0 Å². The average Bonchev–Trinajstić information content (AvgIpc) is 2.43. The Morgan fingerprint density at radius 2 is 2.05 bits per heavy atom. The maximum Gasteiger partial charge on any atom is 0.0451 e. The minimum absolute atomic E-state index is 0.603. The number of piperidine rings is 1. The number of nitrogens with one attached hydrogen (secondary N) is 1. The van der Waals surface area contributed by atoms with Crippen LogP contribution in [0.5, 0.6) is 0 Å². The van der Waals surface area contributed by atoms with Crippen molar-refractivity contribution in [3.05, 3.63) is 33.3 Å². The Kier molecular flexibility index (Phi) is 6.14.